The Kier molecular flexibility index (Phi) is 14.6. The van der Waals surface area contributed by atoms with Gasteiger partial charge in [0.2, 0.25) is 5.91 Å². The number of primary amides is 1. The molecule has 50 heavy (non-hydrogen) atoms. The van der Waals surface area contributed by atoms with E-state index in [0.29, 0.717) is 19.8 Å². The van der Waals surface area contributed by atoms with Gasteiger partial charge in [-0.1, -0.05) is 62.3 Å². The van der Waals surface area contributed by atoms with Crippen LogP contribution in [0.5, 0.6) is 0 Å². The lowest BCUT2D eigenvalue weighted by molar-refractivity contribution is -0.135. The minimum absolute atomic E-state index is 0.00523. The zero-order valence-corrected chi connectivity index (χ0v) is 37.5. The maximum absolute atomic E-state index is 13.4. The van der Waals surface area contributed by atoms with Crippen LogP contribution in [0, 0.1) is 0 Å². The van der Waals surface area contributed by atoms with Gasteiger partial charge in [0.15, 0.2) is 49.0 Å². The Morgan fingerprint density at radius 3 is 1.72 bits per heavy atom. The van der Waals surface area contributed by atoms with Gasteiger partial charge in [0, 0.05) is 20.1 Å². The summed E-state index contributed by atoms with van der Waals surface area (Å²) < 4.78 is 41.8. The van der Waals surface area contributed by atoms with Crippen LogP contribution in [-0.4, -0.2) is 97.3 Å². The summed E-state index contributed by atoms with van der Waals surface area (Å²) in [5.41, 5.74) is 5.85. The van der Waals surface area contributed by atoms with Crippen LogP contribution in [0.25, 0.3) is 0 Å². The van der Waals surface area contributed by atoms with Crippen LogP contribution in [0.2, 0.25) is 54.4 Å². The Balaban J connectivity index is 2.91. The van der Waals surface area contributed by atoms with Gasteiger partial charge in [-0.3, -0.25) is 19.1 Å². The molecule has 0 unspecified atom stereocenters. The van der Waals surface area contributed by atoms with Crippen molar-refractivity contribution in [1.29, 1.82) is 0 Å². The molecular weight excluding hydrogens is 689 g/mol. The standard InChI is InChI=1S/C35H70N4O8Si3/c1-19-42-26(43-20-2)21-38(24(3)40)31-27(30(36)41)37-23-39(31)32-29(47-50(17,18)35(10,11)12)28(46-49(15,16)34(7,8)9)25(45-32)22-44-48(13,14)33(4,5)6/h23,25-26,28-29,32H,19-22H2,1-18H3,(H2,36,41)/t25-,28-,29-,32-/m1/s1. The van der Waals surface area contributed by atoms with Gasteiger partial charge in [0.1, 0.15) is 18.3 Å². The van der Waals surface area contributed by atoms with E-state index < -0.39 is 61.7 Å². The summed E-state index contributed by atoms with van der Waals surface area (Å²) in [6, 6.07) is 0. The third kappa shape index (κ3) is 10.4. The molecule has 4 atom stereocenters. The summed E-state index contributed by atoms with van der Waals surface area (Å²) in [5, 5.41) is -0.264. The van der Waals surface area contributed by atoms with E-state index in [0.717, 1.165) is 0 Å². The number of hydrogen-bond acceptors (Lipinski definition) is 9. The fourth-order valence-electron chi connectivity index (χ4n) is 4.90. The lowest BCUT2D eigenvalue weighted by Crippen LogP contribution is -2.54. The van der Waals surface area contributed by atoms with E-state index in [1.807, 2.05) is 13.8 Å². The molecule has 2 heterocycles. The van der Waals surface area contributed by atoms with Gasteiger partial charge in [-0.25, -0.2) is 4.98 Å². The average molecular weight is 759 g/mol. The lowest BCUT2D eigenvalue weighted by Gasteiger charge is -2.44. The van der Waals surface area contributed by atoms with Crippen molar-refractivity contribution in [2.75, 3.05) is 31.3 Å². The summed E-state index contributed by atoms with van der Waals surface area (Å²) in [4.78, 5) is 32.2. The molecule has 1 aliphatic rings. The molecule has 12 nitrogen and oxygen atoms in total. The van der Waals surface area contributed by atoms with Gasteiger partial charge in [-0.2, -0.15) is 0 Å². The quantitative estimate of drug-likeness (QED) is 0.135. The molecular formula is C35H70N4O8Si3. The molecule has 2 amide bonds. The van der Waals surface area contributed by atoms with E-state index in [1.165, 1.54) is 18.2 Å². The number of nitrogens with two attached hydrogens (primary N) is 1. The first-order valence-corrected chi connectivity index (χ1v) is 26.8. The summed E-state index contributed by atoms with van der Waals surface area (Å²) in [7, 11) is -7.09. The first-order chi connectivity index (χ1) is 22.5. The fraction of sp³-hybridized carbons (Fsp3) is 0.857. The van der Waals surface area contributed by atoms with Gasteiger partial charge in [0.05, 0.1) is 19.5 Å². The summed E-state index contributed by atoms with van der Waals surface area (Å²) >= 11 is 0. The number of carbonyl (C=O) groups is 2. The number of ether oxygens (including phenoxy) is 3. The highest BCUT2D eigenvalue weighted by atomic mass is 28.4. The van der Waals surface area contributed by atoms with Crippen molar-refractivity contribution in [3.05, 3.63) is 12.0 Å². The highest BCUT2D eigenvalue weighted by Gasteiger charge is 2.55. The van der Waals surface area contributed by atoms with E-state index >= 15 is 0 Å². The number of imidazole rings is 1. The summed E-state index contributed by atoms with van der Waals surface area (Å²) in [5.74, 6) is -0.924. The minimum Gasteiger partial charge on any atom is -0.414 e. The van der Waals surface area contributed by atoms with E-state index in [4.69, 9.17) is 33.2 Å². The van der Waals surface area contributed by atoms with Crippen LogP contribution < -0.4 is 10.6 Å². The van der Waals surface area contributed by atoms with Crippen molar-refractivity contribution >= 4 is 42.6 Å². The molecule has 15 heteroatoms. The summed E-state index contributed by atoms with van der Waals surface area (Å²) in [6.45, 7) is 39.3. The van der Waals surface area contributed by atoms with Crippen molar-refractivity contribution < 1.29 is 37.1 Å². The molecule has 290 valence electrons. The van der Waals surface area contributed by atoms with E-state index in [-0.39, 0.29) is 39.1 Å². The Labute approximate surface area is 305 Å². The van der Waals surface area contributed by atoms with E-state index in [9.17, 15) is 9.59 Å². The fourth-order valence-corrected chi connectivity index (χ4v) is 8.51. The second kappa shape index (κ2) is 16.3. The molecule has 1 fully saturated rings. The van der Waals surface area contributed by atoms with Crippen molar-refractivity contribution in [2.45, 2.75) is 168 Å². The second-order valence-corrected chi connectivity index (χ2v) is 32.3. The molecule has 0 radical (unpaired) electrons. The Morgan fingerprint density at radius 2 is 1.32 bits per heavy atom. The largest absolute Gasteiger partial charge is 0.414 e. The maximum atomic E-state index is 13.4. The topological polar surface area (TPSA) is 137 Å². The minimum atomic E-state index is -2.48. The normalized spacial score (nSPS) is 21.3. The first-order valence-electron chi connectivity index (χ1n) is 18.1. The second-order valence-electron chi connectivity index (χ2n) is 18.0. The average Bonchev–Trinajstić information content (AvgIpc) is 3.50. The molecule has 1 aliphatic heterocycles. The highest BCUT2D eigenvalue weighted by Crippen LogP contribution is 2.47. The predicted octanol–water partition coefficient (Wildman–Crippen LogP) is 7.43. The van der Waals surface area contributed by atoms with Crippen LogP contribution in [0.1, 0.15) is 99.8 Å². The molecule has 1 aromatic rings. The zero-order chi connectivity index (χ0) is 38.8. The Bertz CT molecular complexity index is 1290. The SMILES string of the molecule is CCOC(CN(C(C)=O)c1c(C(N)=O)ncn1[C@@H]1O[C@H](CO[Si](C)(C)C(C)(C)C)[C@@H](O[Si](C)(C)C(C)(C)C)[C@H]1O[Si](C)(C)C(C)(C)C)OCC. The van der Waals surface area contributed by atoms with Gasteiger partial charge in [0.25, 0.3) is 5.91 Å². The zero-order valence-electron chi connectivity index (χ0n) is 34.5. The number of amides is 2. The first kappa shape index (κ1) is 44.7. The maximum Gasteiger partial charge on any atom is 0.271 e. The van der Waals surface area contributed by atoms with Crippen LogP contribution in [0.3, 0.4) is 0 Å². The number of hydrogen-bond donors (Lipinski definition) is 1. The van der Waals surface area contributed by atoms with Crippen molar-refractivity contribution in [3.63, 3.8) is 0 Å². The van der Waals surface area contributed by atoms with Crippen LogP contribution in [-0.2, 0) is 32.3 Å². The van der Waals surface area contributed by atoms with Gasteiger partial charge >= 0.3 is 0 Å². The smallest absolute Gasteiger partial charge is 0.271 e. The predicted molar refractivity (Wildman–Crippen MR) is 207 cm³/mol. The molecule has 0 aromatic carbocycles. The van der Waals surface area contributed by atoms with Crippen LogP contribution >= 0.6 is 0 Å². The van der Waals surface area contributed by atoms with Crippen LogP contribution in [0.15, 0.2) is 6.33 Å². The molecule has 0 spiro atoms. The lowest BCUT2D eigenvalue weighted by atomic mass is 10.1. The van der Waals surface area contributed by atoms with Crippen molar-refractivity contribution in [2.24, 2.45) is 5.73 Å². The van der Waals surface area contributed by atoms with Gasteiger partial charge in [-0.15, -0.1) is 0 Å². The van der Waals surface area contributed by atoms with Gasteiger partial charge < -0.3 is 33.2 Å². The molecule has 1 saturated heterocycles. The van der Waals surface area contributed by atoms with Gasteiger partial charge in [-0.05, 0) is 68.2 Å². The molecule has 0 saturated carbocycles. The monoisotopic (exact) mass is 758 g/mol. The molecule has 2 N–H and O–H groups in total. The number of nitrogens with zero attached hydrogens (tertiary/aromatic N) is 3. The van der Waals surface area contributed by atoms with E-state index in [1.54, 1.807) is 4.57 Å². The third-order valence-electron chi connectivity index (χ3n) is 11.1. The van der Waals surface area contributed by atoms with Crippen molar-refractivity contribution in [3.8, 4) is 0 Å². The number of aromatic nitrogens is 2. The third-order valence-corrected chi connectivity index (χ3v) is 24.6. The molecule has 0 aliphatic carbocycles. The highest BCUT2D eigenvalue weighted by molar-refractivity contribution is 6.75. The Hall–Kier alpha value is -1.44. The number of anilines is 1. The molecule has 2 rings (SSSR count). The van der Waals surface area contributed by atoms with E-state index in [2.05, 4.69) is 107 Å². The van der Waals surface area contributed by atoms with Crippen LogP contribution in [0.4, 0.5) is 5.82 Å². The molecule has 1 aromatic heterocycles. The molecule has 0 bridgehead atoms. The summed E-state index contributed by atoms with van der Waals surface area (Å²) in [6.07, 6.45) is -1.73. The Morgan fingerprint density at radius 1 is 0.860 bits per heavy atom. The number of carbonyl (C=O) groups excluding carboxylic acids is 2. The van der Waals surface area contributed by atoms with Crippen molar-refractivity contribution in [1.82, 2.24) is 9.55 Å². The number of rotatable bonds is 16.